The fraction of sp³-hybridized carbons (Fsp3) is 0.500. The van der Waals surface area contributed by atoms with Gasteiger partial charge in [0.25, 0.3) is 0 Å². The molecule has 7 nitrogen and oxygen atoms in total. The van der Waals surface area contributed by atoms with Crippen LogP contribution in [0.25, 0.3) is 11.0 Å². The van der Waals surface area contributed by atoms with Crippen LogP contribution in [0.15, 0.2) is 18.6 Å². The highest BCUT2D eigenvalue weighted by Crippen LogP contribution is 2.44. The molecule has 1 unspecified atom stereocenters. The molecule has 21 heavy (non-hydrogen) atoms. The van der Waals surface area contributed by atoms with Crippen molar-refractivity contribution in [1.29, 1.82) is 0 Å². The van der Waals surface area contributed by atoms with Gasteiger partial charge in [-0.05, 0) is 31.9 Å². The lowest BCUT2D eigenvalue weighted by Gasteiger charge is -2.46. The molecule has 2 saturated heterocycles. The number of nitrogens with one attached hydrogen (secondary N) is 2. The van der Waals surface area contributed by atoms with Crippen molar-refractivity contribution in [3.63, 3.8) is 0 Å². The molecule has 2 fully saturated rings. The Morgan fingerprint density at radius 1 is 1.48 bits per heavy atom. The highest BCUT2D eigenvalue weighted by molar-refractivity contribution is 5.80. The van der Waals surface area contributed by atoms with E-state index in [1.165, 1.54) is 6.33 Å². The molecular formula is C14H17N5O2. The van der Waals surface area contributed by atoms with Gasteiger partial charge in [0.1, 0.15) is 17.5 Å². The van der Waals surface area contributed by atoms with Crippen LogP contribution in [0.2, 0.25) is 0 Å². The van der Waals surface area contributed by atoms with E-state index in [0.717, 1.165) is 42.5 Å². The zero-order valence-corrected chi connectivity index (χ0v) is 11.5. The Hall–Kier alpha value is -2.15. The molecule has 0 saturated carbocycles. The zero-order valence-electron chi connectivity index (χ0n) is 11.5. The fourth-order valence-electron chi connectivity index (χ4n) is 3.99. The molecule has 0 aromatic carbocycles. The van der Waals surface area contributed by atoms with E-state index >= 15 is 0 Å². The Balaban J connectivity index is 1.96. The number of aromatic amines is 1. The highest BCUT2D eigenvalue weighted by atomic mass is 16.4. The maximum atomic E-state index is 11.8. The number of hydrogen-bond donors (Lipinski definition) is 3. The summed E-state index contributed by atoms with van der Waals surface area (Å²) >= 11 is 0. The van der Waals surface area contributed by atoms with Gasteiger partial charge in [-0.1, -0.05) is 0 Å². The Morgan fingerprint density at radius 2 is 2.38 bits per heavy atom. The molecule has 1 amide bonds. The van der Waals surface area contributed by atoms with E-state index < -0.39 is 11.6 Å². The number of piperidine rings is 1. The van der Waals surface area contributed by atoms with Gasteiger partial charge in [0.2, 0.25) is 0 Å². The summed E-state index contributed by atoms with van der Waals surface area (Å²) in [5.74, 6) is 0. The molecule has 2 atom stereocenters. The molecule has 0 aliphatic carbocycles. The zero-order chi connectivity index (χ0) is 14.4. The molecule has 2 aromatic rings. The minimum atomic E-state index is -0.870. The first-order valence-electron chi connectivity index (χ1n) is 7.26. The van der Waals surface area contributed by atoms with Crippen molar-refractivity contribution >= 4 is 17.1 Å². The molecule has 0 bridgehead atoms. The minimum Gasteiger partial charge on any atom is -0.465 e. The number of fused-ring (bicyclic) bond motifs is 2. The number of aromatic nitrogens is 3. The van der Waals surface area contributed by atoms with Crippen molar-refractivity contribution in [2.24, 2.45) is 0 Å². The van der Waals surface area contributed by atoms with E-state index in [4.69, 9.17) is 0 Å². The lowest BCUT2D eigenvalue weighted by Crippen LogP contribution is -2.59. The van der Waals surface area contributed by atoms with Crippen LogP contribution in [0.1, 0.15) is 25.0 Å². The van der Waals surface area contributed by atoms with Gasteiger partial charge in [0, 0.05) is 24.2 Å². The van der Waals surface area contributed by atoms with Gasteiger partial charge in [0.15, 0.2) is 0 Å². The van der Waals surface area contributed by atoms with Gasteiger partial charge in [0.05, 0.1) is 5.69 Å². The highest BCUT2D eigenvalue weighted by Gasteiger charge is 2.54. The first-order chi connectivity index (χ1) is 10.2. The van der Waals surface area contributed by atoms with Crippen molar-refractivity contribution < 1.29 is 9.90 Å². The van der Waals surface area contributed by atoms with Crippen LogP contribution in [0.5, 0.6) is 0 Å². The maximum absolute atomic E-state index is 11.8. The average molecular weight is 287 g/mol. The van der Waals surface area contributed by atoms with Crippen molar-refractivity contribution in [3.8, 4) is 0 Å². The summed E-state index contributed by atoms with van der Waals surface area (Å²) in [4.78, 5) is 25.2. The second-order valence-corrected chi connectivity index (χ2v) is 5.72. The minimum absolute atomic E-state index is 0.121. The number of nitrogens with zero attached hydrogens (tertiary/aromatic N) is 3. The van der Waals surface area contributed by atoms with Gasteiger partial charge in [-0.15, -0.1) is 0 Å². The number of rotatable bonds is 1. The third kappa shape index (κ3) is 1.61. The normalized spacial score (nSPS) is 28.8. The van der Waals surface area contributed by atoms with Crippen molar-refractivity contribution in [2.75, 3.05) is 13.1 Å². The van der Waals surface area contributed by atoms with E-state index in [1.54, 1.807) is 4.90 Å². The van der Waals surface area contributed by atoms with Gasteiger partial charge in [-0.2, -0.15) is 0 Å². The number of H-pyrrole nitrogens is 1. The Bertz CT molecular complexity index is 699. The summed E-state index contributed by atoms with van der Waals surface area (Å²) < 4.78 is 0. The summed E-state index contributed by atoms with van der Waals surface area (Å²) in [6.07, 6.45) is 5.08. The number of carboxylic acid groups (broad SMARTS) is 1. The molecule has 110 valence electrons. The number of amides is 1. The third-order valence-corrected chi connectivity index (χ3v) is 4.82. The molecule has 0 radical (unpaired) electrons. The predicted octanol–water partition coefficient (Wildman–Crippen LogP) is 1.29. The molecule has 4 heterocycles. The number of carbonyl (C=O) groups is 1. The lowest BCUT2D eigenvalue weighted by molar-refractivity contribution is 0.0375. The molecule has 2 aliphatic heterocycles. The van der Waals surface area contributed by atoms with E-state index in [0.29, 0.717) is 6.54 Å². The van der Waals surface area contributed by atoms with Crippen molar-refractivity contribution in [1.82, 2.24) is 25.2 Å². The first kappa shape index (κ1) is 12.6. The SMILES string of the molecule is O=C(O)N1CCCC2NCC[C@]21c1ncnc2[nH]ccc12. The van der Waals surface area contributed by atoms with Crippen molar-refractivity contribution in [2.45, 2.75) is 30.8 Å². The number of hydrogen-bond acceptors (Lipinski definition) is 4. The van der Waals surface area contributed by atoms with E-state index in [9.17, 15) is 9.90 Å². The molecule has 4 rings (SSSR count). The summed E-state index contributed by atoms with van der Waals surface area (Å²) in [5, 5.41) is 14.1. The third-order valence-electron chi connectivity index (χ3n) is 4.82. The van der Waals surface area contributed by atoms with Crippen LogP contribution < -0.4 is 5.32 Å². The molecule has 3 N–H and O–H groups in total. The summed E-state index contributed by atoms with van der Waals surface area (Å²) in [7, 11) is 0. The quantitative estimate of drug-likeness (QED) is 0.734. The second-order valence-electron chi connectivity index (χ2n) is 5.72. The molecular weight excluding hydrogens is 270 g/mol. The van der Waals surface area contributed by atoms with E-state index in [2.05, 4.69) is 20.3 Å². The van der Waals surface area contributed by atoms with E-state index in [-0.39, 0.29) is 6.04 Å². The second kappa shape index (κ2) is 4.42. The van der Waals surface area contributed by atoms with E-state index in [1.807, 2.05) is 12.3 Å². The summed E-state index contributed by atoms with van der Waals surface area (Å²) in [6, 6.07) is 2.05. The van der Waals surface area contributed by atoms with Gasteiger partial charge in [-0.25, -0.2) is 14.8 Å². The van der Waals surface area contributed by atoms with Crippen molar-refractivity contribution in [3.05, 3.63) is 24.3 Å². The first-order valence-corrected chi connectivity index (χ1v) is 7.26. The average Bonchev–Trinajstić information content (AvgIpc) is 3.12. The monoisotopic (exact) mass is 287 g/mol. The molecule has 0 spiro atoms. The lowest BCUT2D eigenvalue weighted by atomic mass is 9.78. The molecule has 2 aliphatic rings. The standard InChI is InChI=1S/C14H17N5O2/c20-13(21)19-7-1-2-10-14(19,4-6-15-10)11-9-3-5-16-12(9)18-8-17-11/h3,5,8,10,15H,1-2,4,6-7H2,(H,20,21)(H,16,17,18)/t10?,14-/m1/s1. The number of likely N-dealkylation sites (tertiary alicyclic amines) is 1. The van der Waals surface area contributed by atoms with Crippen LogP contribution >= 0.6 is 0 Å². The summed E-state index contributed by atoms with van der Waals surface area (Å²) in [5.41, 5.74) is 1.01. The smallest absolute Gasteiger partial charge is 0.408 e. The van der Waals surface area contributed by atoms with Crippen LogP contribution in [0.3, 0.4) is 0 Å². The van der Waals surface area contributed by atoms with Gasteiger partial charge in [-0.3, -0.25) is 4.90 Å². The van der Waals surface area contributed by atoms with Gasteiger partial charge >= 0.3 is 6.09 Å². The van der Waals surface area contributed by atoms with Crippen LogP contribution in [0.4, 0.5) is 4.79 Å². The Morgan fingerprint density at radius 3 is 3.24 bits per heavy atom. The molecule has 7 heteroatoms. The topological polar surface area (TPSA) is 94.1 Å². The Labute approximate surface area is 121 Å². The fourth-order valence-corrected chi connectivity index (χ4v) is 3.99. The van der Waals surface area contributed by atoms with Crippen LogP contribution in [-0.4, -0.2) is 50.2 Å². The molecule has 2 aromatic heterocycles. The predicted molar refractivity (Wildman–Crippen MR) is 75.9 cm³/mol. The largest absolute Gasteiger partial charge is 0.465 e. The van der Waals surface area contributed by atoms with Crippen LogP contribution in [-0.2, 0) is 5.54 Å². The maximum Gasteiger partial charge on any atom is 0.408 e. The summed E-state index contributed by atoms with van der Waals surface area (Å²) in [6.45, 7) is 1.37. The van der Waals surface area contributed by atoms with Gasteiger partial charge < -0.3 is 15.4 Å². The van der Waals surface area contributed by atoms with Crippen LogP contribution in [0, 0.1) is 0 Å². The Kier molecular flexibility index (Phi) is 2.65.